The minimum atomic E-state index is -4.61. The summed E-state index contributed by atoms with van der Waals surface area (Å²) in [4.78, 5) is 21.6. The van der Waals surface area contributed by atoms with E-state index in [1.165, 1.54) is 11.0 Å². The first-order chi connectivity index (χ1) is 16.1. The summed E-state index contributed by atoms with van der Waals surface area (Å²) in [7, 11) is 0. The first kappa shape index (κ1) is 22.9. The highest BCUT2D eigenvalue weighted by Gasteiger charge is 2.34. The monoisotopic (exact) mass is 474 g/mol. The van der Waals surface area contributed by atoms with Gasteiger partial charge in [-0.25, -0.2) is 14.8 Å². The van der Waals surface area contributed by atoms with Crippen LogP contribution in [-0.2, 0) is 12.6 Å². The Bertz CT molecular complexity index is 1330. The highest BCUT2D eigenvalue weighted by Crippen LogP contribution is 2.35. The fourth-order valence-corrected chi connectivity index (χ4v) is 3.11. The van der Waals surface area contributed by atoms with Gasteiger partial charge in [0.2, 0.25) is 0 Å². The SMILES string of the molecule is CC(C)n1nnc(CCNC(=O)Nc2cn3cc(-c4cnc(N)c(C(F)(F)F)c4)ccc3n2)n1. The van der Waals surface area contributed by atoms with Crippen LogP contribution < -0.4 is 16.4 Å². The van der Waals surface area contributed by atoms with Gasteiger partial charge in [-0.05, 0) is 37.3 Å². The second-order valence-electron chi connectivity index (χ2n) is 7.71. The van der Waals surface area contributed by atoms with Crippen LogP contribution in [0.2, 0.25) is 0 Å². The van der Waals surface area contributed by atoms with Gasteiger partial charge in [-0.3, -0.25) is 5.32 Å². The van der Waals surface area contributed by atoms with Crippen LogP contribution in [-0.4, -0.2) is 47.2 Å². The molecule has 0 aliphatic carbocycles. The summed E-state index contributed by atoms with van der Waals surface area (Å²) in [5.74, 6) is 0.197. The lowest BCUT2D eigenvalue weighted by Crippen LogP contribution is -2.30. The number of fused-ring (bicyclic) bond motifs is 1. The Morgan fingerprint density at radius 3 is 2.71 bits per heavy atom. The number of rotatable bonds is 6. The van der Waals surface area contributed by atoms with Crippen molar-refractivity contribution in [1.29, 1.82) is 0 Å². The van der Waals surface area contributed by atoms with Crippen LogP contribution in [0.15, 0.2) is 36.8 Å². The topological polar surface area (TPSA) is 141 Å². The summed E-state index contributed by atoms with van der Waals surface area (Å²) < 4.78 is 41.0. The average molecular weight is 474 g/mol. The van der Waals surface area contributed by atoms with E-state index in [1.807, 2.05) is 13.8 Å². The third-order valence-corrected chi connectivity index (χ3v) is 4.82. The van der Waals surface area contributed by atoms with E-state index in [9.17, 15) is 18.0 Å². The molecule has 4 heterocycles. The zero-order chi connectivity index (χ0) is 24.5. The summed E-state index contributed by atoms with van der Waals surface area (Å²) in [5, 5.41) is 17.4. The minimum Gasteiger partial charge on any atom is -0.383 e. The summed E-state index contributed by atoms with van der Waals surface area (Å²) in [6, 6.07) is 3.79. The molecule has 4 aromatic heterocycles. The Kier molecular flexibility index (Phi) is 6.04. The molecule has 34 heavy (non-hydrogen) atoms. The number of hydrogen-bond acceptors (Lipinski definition) is 7. The molecule has 0 spiro atoms. The predicted molar refractivity (Wildman–Crippen MR) is 117 cm³/mol. The van der Waals surface area contributed by atoms with Crippen molar-refractivity contribution < 1.29 is 18.0 Å². The van der Waals surface area contributed by atoms with E-state index in [4.69, 9.17) is 5.73 Å². The lowest BCUT2D eigenvalue weighted by molar-refractivity contribution is -0.137. The first-order valence-electron chi connectivity index (χ1n) is 10.3. The number of carbonyl (C=O) groups is 1. The summed E-state index contributed by atoms with van der Waals surface area (Å²) in [6.07, 6.45) is 0.192. The van der Waals surface area contributed by atoms with Gasteiger partial charge in [0, 0.05) is 36.5 Å². The molecule has 0 saturated carbocycles. The van der Waals surface area contributed by atoms with Crippen LogP contribution in [0, 0.1) is 0 Å². The molecule has 0 radical (unpaired) electrons. The molecule has 0 aliphatic heterocycles. The molecular weight excluding hydrogens is 453 g/mol. The van der Waals surface area contributed by atoms with Gasteiger partial charge in [0.15, 0.2) is 11.6 Å². The first-order valence-corrected chi connectivity index (χ1v) is 10.3. The van der Waals surface area contributed by atoms with E-state index in [0.29, 0.717) is 30.0 Å². The zero-order valence-corrected chi connectivity index (χ0v) is 18.2. The van der Waals surface area contributed by atoms with Crippen LogP contribution in [0.25, 0.3) is 16.8 Å². The maximum absolute atomic E-state index is 13.1. The second-order valence-corrected chi connectivity index (χ2v) is 7.71. The standard InChI is InChI=1S/C20H21F3N10O/c1-11(2)33-30-15(29-31-33)5-6-25-19(34)28-16-10-32-9-12(3-4-17(32)27-16)13-7-14(20(21,22)23)18(24)26-8-13/h3-4,7-11H,5-6H2,1-2H3,(H2,24,26)(H2,25,28,34). The van der Waals surface area contributed by atoms with E-state index in [-0.39, 0.29) is 17.4 Å². The molecule has 11 nitrogen and oxygen atoms in total. The van der Waals surface area contributed by atoms with Crippen molar-refractivity contribution in [2.45, 2.75) is 32.5 Å². The summed E-state index contributed by atoms with van der Waals surface area (Å²) in [5.41, 5.74) is 5.58. The molecule has 0 fully saturated rings. The van der Waals surface area contributed by atoms with E-state index in [2.05, 4.69) is 36.0 Å². The molecular formula is C20H21F3N10O. The number of carbonyl (C=O) groups excluding carboxylic acids is 1. The van der Waals surface area contributed by atoms with Crippen molar-refractivity contribution in [2.75, 3.05) is 17.6 Å². The summed E-state index contributed by atoms with van der Waals surface area (Å²) in [6.45, 7) is 4.15. The lowest BCUT2D eigenvalue weighted by atomic mass is 10.1. The maximum atomic E-state index is 13.1. The molecule has 0 bridgehead atoms. The van der Waals surface area contributed by atoms with Crippen LogP contribution in [0.5, 0.6) is 0 Å². The number of hydrogen-bond donors (Lipinski definition) is 3. The average Bonchev–Trinajstić information content (AvgIpc) is 3.39. The van der Waals surface area contributed by atoms with Crippen molar-refractivity contribution in [3.63, 3.8) is 0 Å². The van der Waals surface area contributed by atoms with Crippen LogP contribution in [0.3, 0.4) is 0 Å². The number of nitrogens with one attached hydrogen (secondary N) is 2. The Morgan fingerprint density at radius 1 is 1.21 bits per heavy atom. The van der Waals surface area contributed by atoms with Crippen molar-refractivity contribution in [3.8, 4) is 11.1 Å². The number of urea groups is 1. The maximum Gasteiger partial charge on any atom is 0.419 e. The second kappa shape index (κ2) is 8.96. The Hall–Kier alpha value is -4.23. The number of imidazole rings is 1. The lowest BCUT2D eigenvalue weighted by Gasteiger charge is -2.11. The molecule has 0 aromatic carbocycles. The van der Waals surface area contributed by atoms with Crippen molar-refractivity contribution in [2.24, 2.45) is 0 Å². The van der Waals surface area contributed by atoms with E-state index < -0.39 is 23.6 Å². The largest absolute Gasteiger partial charge is 0.419 e. The van der Waals surface area contributed by atoms with Crippen LogP contribution >= 0.6 is 0 Å². The number of tetrazole rings is 1. The third-order valence-electron chi connectivity index (χ3n) is 4.82. The highest BCUT2D eigenvalue weighted by atomic mass is 19.4. The van der Waals surface area contributed by atoms with Gasteiger partial charge in [-0.2, -0.15) is 18.0 Å². The molecule has 0 atom stereocenters. The fraction of sp³-hybridized carbons (Fsp3) is 0.300. The molecule has 0 aliphatic rings. The van der Waals surface area contributed by atoms with Gasteiger partial charge in [-0.15, -0.1) is 10.2 Å². The van der Waals surface area contributed by atoms with Gasteiger partial charge in [0.05, 0.1) is 17.8 Å². The normalized spacial score (nSPS) is 11.8. The number of alkyl halides is 3. The highest BCUT2D eigenvalue weighted by molar-refractivity contribution is 5.88. The Labute approximate surface area is 191 Å². The Morgan fingerprint density at radius 2 is 2.00 bits per heavy atom. The van der Waals surface area contributed by atoms with Crippen molar-refractivity contribution in [1.82, 2.24) is 39.9 Å². The molecule has 0 unspecified atom stereocenters. The van der Waals surface area contributed by atoms with Gasteiger partial charge < -0.3 is 15.5 Å². The molecule has 4 rings (SSSR count). The fourth-order valence-electron chi connectivity index (χ4n) is 3.11. The number of nitrogen functional groups attached to an aromatic ring is 1. The van der Waals surface area contributed by atoms with Crippen molar-refractivity contribution in [3.05, 3.63) is 48.2 Å². The molecule has 4 N–H and O–H groups in total. The van der Waals surface area contributed by atoms with Crippen LogP contribution in [0.4, 0.5) is 29.6 Å². The molecule has 4 aromatic rings. The van der Waals surface area contributed by atoms with Gasteiger partial charge in [0.25, 0.3) is 0 Å². The smallest absolute Gasteiger partial charge is 0.383 e. The van der Waals surface area contributed by atoms with Gasteiger partial charge in [-0.1, -0.05) is 0 Å². The van der Waals surface area contributed by atoms with Crippen molar-refractivity contribution >= 4 is 23.3 Å². The molecule has 2 amide bonds. The number of halogens is 3. The quantitative estimate of drug-likeness (QED) is 0.390. The number of aromatic nitrogens is 7. The predicted octanol–water partition coefficient (Wildman–Crippen LogP) is 2.93. The number of anilines is 2. The van der Waals surface area contributed by atoms with E-state index in [0.717, 1.165) is 6.07 Å². The molecule has 0 saturated heterocycles. The molecule has 14 heteroatoms. The van der Waals surface area contributed by atoms with Gasteiger partial charge >= 0.3 is 12.2 Å². The minimum absolute atomic E-state index is 0.0936. The Balaban J connectivity index is 1.41. The number of nitrogens with two attached hydrogens (primary N) is 1. The third kappa shape index (κ3) is 5.05. The van der Waals surface area contributed by atoms with E-state index in [1.54, 1.807) is 28.9 Å². The zero-order valence-electron chi connectivity index (χ0n) is 18.2. The number of pyridine rings is 2. The summed E-state index contributed by atoms with van der Waals surface area (Å²) >= 11 is 0. The van der Waals surface area contributed by atoms with E-state index >= 15 is 0 Å². The molecule has 178 valence electrons. The van der Waals surface area contributed by atoms with Gasteiger partial charge in [0.1, 0.15) is 11.5 Å². The number of amides is 2. The van der Waals surface area contributed by atoms with Crippen LogP contribution in [0.1, 0.15) is 31.3 Å². The number of nitrogens with zero attached hydrogens (tertiary/aromatic N) is 7.